The van der Waals surface area contributed by atoms with Gasteiger partial charge in [-0.2, -0.15) is 0 Å². The van der Waals surface area contributed by atoms with Gasteiger partial charge in [-0.3, -0.25) is 9.59 Å². The van der Waals surface area contributed by atoms with Gasteiger partial charge in [-0.15, -0.1) is 11.3 Å². The van der Waals surface area contributed by atoms with Crippen LogP contribution in [0.2, 0.25) is 0 Å². The van der Waals surface area contributed by atoms with Crippen molar-refractivity contribution >= 4 is 54.9 Å². The maximum atomic E-state index is 12.3. The molecule has 23 heavy (non-hydrogen) atoms. The summed E-state index contributed by atoms with van der Waals surface area (Å²) in [6.07, 6.45) is 0.159. The molecule has 5 nitrogen and oxygen atoms in total. The average molecular weight is 372 g/mol. The number of carboxylic acids is 1. The van der Waals surface area contributed by atoms with E-state index in [1.165, 1.54) is 22.1 Å². The van der Waals surface area contributed by atoms with Crippen LogP contribution in [0, 0.1) is 0 Å². The molecule has 0 atom stereocenters. The first-order chi connectivity index (χ1) is 11.1. The summed E-state index contributed by atoms with van der Waals surface area (Å²) in [4.78, 5) is 22.7. The van der Waals surface area contributed by atoms with Crippen LogP contribution >= 0.6 is 32.9 Å². The van der Waals surface area contributed by atoms with Gasteiger partial charge < -0.3 is 15.2 Å². The maximum absolute atomic E-state index is 12.3. The molecular weight excluding hydrogens is 354 g/mol. The van der Waals surface area contributed by atoms with Crippen molar-refractivity contribution in [3.05, 3.63) is 29.1 Å². The number of carbonyl (C=O) groups excluding carboxylic acids is 1. The van der Waals surface area contributed by atoms with Gasteiger partial charge in [0.05, 0.1) is 23.8 Å². The molecule has 2 N–H and O–H groups in total. The fraction of sp³-hybridized carbons (Fsp3) is 0.333. The molecule has 0 radical (unpaired) electrons. The van der Waals surface area contributed by atoms with E-state index in [1.54, 1.807) is 30.0 Å². The van der Waals surface area contributed by atoms with Gasteiger partial charge in [-0.1, -0.05) is 21.6 Å². The number of fused-ring (bicyclic) bond motifs is 1. The molecule has 1 amide bonds. The molecule has 0 spiro atoms. The van der Waals surface area contributed by atoms with E-state index in [9.17, 15) is 9.59 Å². The van der Waals surface area contributed by atoms with Gasteiger partial charge in [0.1, 0.15) is 5.75 Å². The first kappa shape index (κ1) is 18.0. The molecule has 1 aromatic carbocycles. The van der Waals surface area contributed by atoms with Gasteiger partial charge in [0.2, 0.25) is 0 Å². The summed E-state index contributed by atoms with van der Waals surface area (Å²) in [5.74, 6) is 1.19. The van der Waals surface area contributed by atoms with Crippen LogP contribution in [0.1, 0.15) is 16.8 Å². The van der Waals surface area contributed by atoms with Crippen molar-refractivity contribution in [2.45, 2.75) is 6.42 Å². The first-order valence-electron chi connectivity index (χ1n) is 6.92. The Morgan fingerprint density at radius 2 is 2.04 bits per heavy atom. The topological polar surface area (TPSA) is 75.6 Å². The Balaban J connectivity index is 1.82. The van der Waals surface area contributed by atoms with Crippen LogP contribution in [0.4, 0.5) is 0 Å². The van der Waals surface area contributed by atoms with Crippen LogP contribution in [-0.4, -0.2) is 42.1 Å². The lowest BCUT2D eigenvalue weighted by atomic mass is 10.1. The van der Waals surface area contributed by atoms with Crippen molar-refractivity contribution in [2.24, 2.45) is 0 Å². The van der Waals surface area contributed by atoms with E-state index >= 15 is 0 Å². The zero-order valence-electron chi connectivity index (χ0n) is 12.5. The Hall–Kier alpha value is -1.38. The minimum atomic E-state index is -0.786. The van der Waals surface area contributed by atoms with Crippen LogP contribution in [0.25, 0.3) is 10.1 Å². The number of thiophene rings is 1. The second-order valence-electron chi connectivity index (χ2n) is 4.52. The molecular formula is C15H17NO4S3. The predicted octanol–water partition coefficient (Wildman–Crippen LogP) is 3.50. The molecule has 0 bridgehead atoms. The number of carbonyl (C=O) groups is 2. The fourth-order valence-corrected chi connectivity index (χ4v) is 4.75. The number of rotatable bonds is 9. The molecule has 0 aliphatic heterocycles. The third-order valence-electron chi connectivity index (χ3n) is 2.99. The van der Waals surface area contributed by atoms with Crippen LogP contribution in [-0.2, 0) is 4.79 Å². The van der Waals surface area contributed by atoms with Crippen molar-refractivity contribution < 1.29 is 19.4 Å². The lowest BCUT2D eigenvalue weighted by Gasteiger charge is -2.08. The fourth-order valence-electron chi connectivity index (χ4n) is 1.94. The van der Waals surface area contributed by atoms with Crippen LogP contribution in [0.3, 0.4) is 0 Å². The van der Waals surface area contributed by atoms with Crippen molar-refractivity contribution in [3.63, 3.8) is 0 Å². The number of aliphatic carboxylic acids is 1. The van der Waals surface area contributed by atoms with E-state index in [0.29, 0.717) is 17.9 Å². The number of nitrogens with one attached hydrogen (secondary N) is 1. The van der Waals surface area contributed by atoms with E-state index in [2.05, 4.69) is 5.32 Å². The molecule has 0 saturated heterocycles. The van der Waals surface area contributed by atoms with Gasteiger partial charge >= 0.3 is 5.97 Å². The van der Waals surface area contributed by atoms with Gasteiger partial charge in [-0.25, -0.2) is 0 Å². The summed E-state index contributed by atoms with van der Waals surface area (Å²) < 4.78 is 6.22. The lowest BCUT2D eigenvalue weighted by molar-refractivity contribution is -0.136. The highest BCUT2D eigenvalue weighted by Gasteiger charge is 2.13. The van der Waals surface area contributed by atoms with Gasteiger partial charge in [0.15, 0.2) is 0 Å². The standard InChI is InChI=1S/C15H17NO4S3/c1-20-12-3-2-11(14-10(12)4-7-21-14)15(19)16-6-9-23-22-8-5-13(17)18/h2-4,7H,5-6,8-9H2,1H3,(H,16,19)(H,17,18). The highest BCUT2D eigenvalue weighted by atomic mass is 33.1. The number of hydrogen-bond donors (Lipinski definition) is 2. The molecule has 1 heterocycles. The lowest BCUT2D eigenvalue weighted by Crippen LogP contribution is -2.25. The smallest absolute Gasteiger partial charge is 0.304 e. The number of ether oxygens (including phenoxy) is 1. The number of hydrogen-bond acceptors (Lipinski definition) is 6. The van der Waals surface area contributed by atoms with Crippen LogP contribution in [0.5, 0.6) is 5.75 Å². The third kappa shape index (κ3) is 5.05. The second kappa shape index (κ2) is 9.05. The molecule has 8 heteroatoms. The Kier molecular flexibility index (Phi) is 7.07. The van der Waals surface area contributed by atoms with Crippen molar-refractivity contribution in [1.82, 2.24) is 5.32 Å². The molecule has 124 valence electrons. The summed E-state index contributed by atoms with van der Waals surface area (Å²) in [6.45, 7) is 0.544. The minimum Gasteiger partial charge on any atom is -0.496 e. The summed E-state index contributed by atoms with van der Waals surface area (Å²) in [6, 6.07) is 5.53. The normalized spacial score (nSPS) is 10.7. The Morgan fingerprint density at radius 1 is 1.26 bits per heavy atom. The summed E-state index contributed by atoms with van der Waals surface area (Å²) in [7, 11) is 4.69. The summed E-state index contributed by atoms with van der Waals surface area (Å²) in [5, 5.41) is 14.3. The monoisotopic (exact) mass is 371 g/mol. The quantitative estimate of drug-likeness (QED) is 0.519. The van der Waals surface area contributed by atoms with E-state index in [4.69, 9.17) is 9.84 Å². The van der Waals surface area contributed by atoms with Gasteiger partial charge in [-0.05, 0) is 23.6 Å². The molecule has 0 aliphatic rings. The van der Waals surface area contributed by atoms with Gasteiger partial charge in [0, 0.05) is 23.4 Å². The molecule has 0 saturated carbocycles. The number of amides is 1. The summed E-state index contributed by atoms with van der Waals surface area (Å²) >= 11 is 1.52. The highest BCUT2D eigenvalue weighted by Crippen LogP contribution is 2.32. The van der Waals surface area contributed by atoms with E-state index < -0.39 is 5.97 Å². The molecule has 0 aliphatic carbocycles. The average Bonchev–Trinajstić information content (AvgIpc) is 3.02. The zero-order valence-corrected chi connectivity index (χ0v) is 15.0. The first-order valence-corrected chi connectivity index (χ1v) is 10.3. The zero-order chi connectivity index (χ0) is 16.7. The van der Waals surface area contributed by atoms with Crippen molar-refractivity contribution in [1.29, 1.82) is 0 Å². The number of carboxylic acid groups (broad SMARTS) is 1. The third-order valence-corrected chi connectivity index (χ3v) is 6.35. The SMILES string of the molecule is COc1ccc(C(=O)NCCSSCCC(=O)O)c2sccc12. The van der Waals surface area contributed by atoms with Crippen molar-refractivity contribution in [2.75, 3.05) is 25.2 Å². The summed E-state index contributed by atoms with van der Waals surface area (Å²) in [5.41, 5.74) is 0.652. The number of methoxy groups -OCH3 is 1. The molecule has 2 rings (SSSR count). The molecule has 2 aromatic rings. The second-order valence-corrected chi connectivity index (χ2v) is 8.14. The molecule has 0 fully saturated rings. The molecule has 1 aromatic heterocycles. The van der Waals surface area contributed by atoms with Crippen LogP contribution in [0.15, 0.2) is 23.6 Å². The van der Waals surface area contributed by atoms with Gasteiger partial charge in [0.25, 0.3) is 5.91 Å². The minimum absolute atomic E-state index is 0.101. The Bertz CT molecular complexity index is 686. The van der Waals surface area contributed by atoms with E-state index in [1.807, 2.05) is 11.4 Å². The van der Waals surface area contributed by atoms with E-state index in [0.717, 1.165) is 21.6 Å². The number of benzene rings is 1. The van der Waals surface area contributed by atoms with Crippen molar-refractivity contribution in [3.8, 4) is 5.75 Å². The maximum Gasteiger partial charge on any atom is 0.304 e. The largest absolute Gasteiger partial charge is 0.496 e. The Morgan fingerprint density at radius 3 is 2.78 bits per heavy atom. The highest BCUT2D eigenvalue weighted by molar-refractivity contribution is 8.76. The van der Waals surface area contributed by atoms with E-state index in [-0.39, 0.29) is 12.3 Å². The molecule has 0 unspecified atom stereocenters. The predicted molar refractivity (Wildman–Crippen MR) is 97.9 cm³/mol. The van der Waals surface area contributed by atoms with Crippen LogP contribution < -0.4 is 10.1 Å². The Labute approximate surface area is 146 Å².